The number of fused-ring (bicyclic) bond motifs is 3. The second-order valence-electron chi connectivity index (χ2n) is 6.59. The summed E-state index contributed by atoms with van der Waals surface area (Å²) in [5.41, 5.74) is 3.04. The molecule has 4 rings (SSSR count). The van der Waals surface area contributed by atoms with Crippen molar-refractivity contribution in [2.45, 2.75) is 18.4 Å². The average Bonchev–Trinajstić information content (AvgIpc) is 3.16. The van der Waals surface area contributed by atoms with Gasteiger partial charge in [0.05, 0.1) is 30.9 Å². The molecule has 0 fully saturated rings. The number of para-hydroxylation sites is 1. The molecule has 0 spiro atoms. The van der Waals surface area contributed by atoms with Crippen LogP contribution in [0.15, 0.2) is 48.6 Å². The topological polar surface area (TPSA) is 73.6 Å². The van der Waals surface area contributed by atoms with Crippen LogP contribution in [0.3, 0.4) is 0 Å². The lowest BCUT2D eigenvalue weighted by atomic mass is 9.77. The quantitative estimate of drug-likeness (QED) is 0.500. The summed E-state index contributed by atoms with van der Waals surface area (Å²) in [5, 5.41) is 15.0. The molecule has 0 radical (unpaired) electrons. The molecule has 6 nitrogen and oxygen atoms in total. The highest BCUT2D eigenvalue weighted by Gasteiger charge is 2.39. The summed E-state index contributed by atoms with van der Waals surface area (Å²) in [4.78, 5) is 11.0. The van der Waals surface area contributed by atoms with Crippen LogP contribution in [0.25, 0.3) is 0 Å². The minimum atomic E-state index is -0.399. The van der Waals surface area contributed by atoms with Gasteiger partial charge in [0.2, 0.25) is 0 Å². The predicted octanol–water partition coefficient (Wildman–Crippen LogP) is 4.44. The van der Waals surface area contributed by atoms with Gasteiger partial charge in [0.1, 0.15) is 5.75 Å². The van der Waals surface area contributed by atoms with Crippen LogP contribution in [0.2, 0.25) is 0 Å². The zero-order valence-corrected chi connectivity index (χ0v) is 14.6. The molecule has 1 aliphatic heterocycles. The lowest BCUT2D eigenvalue weighted by Crippen LogP contribution is -2.29. The van der Waals surface area contributed by atoms with Crippen molar-refractivity contribution in [1.82, 2.24) is 0 Å². The molecule has 0 amide bonds. The Balaban J connectivity index is 1.80. The third-order valence-electron chi connectivity index (χ3n) is 5.34. The zero-order chi connectivity index (χ0) is 18.3. The summed E-state index contributed by atoms with van der Waals surface area (Å²) in [7, 11) is 3.10. The fourth-order valence-corrected chi connectivity index (χ4v) is 4.14. The van der Waals surface area contributed by atoms with E-state index in [9.17, 15) is 10.1 Å². The van der Waals surface area contributed by atoms with Crippen molar-refractivity contribution in [3.8, 4) is 11.5 Å². The molecule has 2 aromatic carbocycles. The van der Waals surface area contributed by atoms with E-state index in [2.05, 4.69) is 23.5 Å². The van der Waals surface area contributed by atoms with Crippen LogP contribution in [-0.2, 0) is 0 Å². The third kappa shape index (κ3) is 2.49. The molecule has 1 heterocycles. The fraction of sp³-hybridized carbons (Fsp3) is 0.300. The van der Waals surface area contributed by atoms with Crippen LogP contribution in [0.1, 0.15) is 29.5 Å². The van der Waals surface area contributed by atoms with E-state index in [0.29, 0.717) is 5.92 Å². The maximum absolute atomic E-state index is 11.4. The van der Waals surface area contributed by atoms with Crippen molar-refractivity contribution in [3.63, 3.8) is 0 Å². The molecule has 6 heteroatoms. The van der Waals surface area contributed by atoms with Crippen molar-refractivity contribution in [3.05, 3.63) is 69.8 Å². The largest absolute Gasteiger partial charge is 0.495 e. The molecule has 134 valence electrons. The molecule has 0 unspecified atom stereocenters. The first-order valence-corrected chi connectivity index (χ1v) is 8.56. The molecule has 1 N–H and O–H groups in total. The van der Waals surface area contributed by atoms with E-state index in [4.69, 9.17) is 9.47 Å². The number of hydrogen-bond donors (Lipinski definition) is 1. The number of hydrogen-bond acceptors (Lipinski definition) is 5. The number of rotatable bonds is 4. The molecule has 0 saturated carbocycles. The minimum absolute atomic E-state index is 0.0138. The van der Waals surface area contributed by atoms with E-state index in [1.54, 1.807) is 19.2 Å². The maximum atomic E-state index is 11.4. The lowest BCUT2D eigenvalue weighted by Gasteiger charge is -2.38. The maximum Gasteiger partial charge on any atom is 0.311 e. The highest BCUT2D eigenvalue weighted by atomic mass is 16.6. The second-order valence-corrected chi connectivity index (χ2v) is 6.59. The molecule has 1 aliphatic carbocycles. The van der Waals surface area contributed by atoms with Gasteiger partial charge in [-0.3, -0.25) is 10.1 Å². The van der Waals surface area contributed by atoms with E-state index in [-0.39, 0.29) is 23.4 Å². The Bertz CT molecular complexity index is 893. The molecule has 26 heavy (non-hydrogen) atoms. The molecule has 2 aliphatic rings. The van der Waals surface area contributed by atoms with Crippen LogP contribution in [0, 0.1) is 16.0 Å². The normalized spacial score (nSPS) is 22.9. The number of nitro groups is 1. The summed E-state index contributed by atoms with van der Waals surface area (Å²) >= 11 is 0. The number of anilines is 1. The van der Waals surface area contributed by atoms with Gasteiger partial charge in [-0.2, -0.15) is 0 Å². The smallest absolute Gasteiger partial charge is 0.311 e. The molecule has 0 bridgehead atoms. The third-order valence-corrected chi connectivity index (χ3v) is 5.34. The Labute approximate surface area is 151 Å². The van der Waals surface area contributed by atoms with Crippen LogP contribution >= 0.6 is 0 Å². The first kappa shape index (κ1) is 16.4. The summed E-state index contributed by atoms with van der Waals surface area (Å²) in [5.74, 6) is 1.64. The molecule has 0 aromatic heterocycles. The summed E-state index contributed by atoms with van der Waals surface area (Å²) < 4.78 is 10.7. The highest BCUT2D eigenvalue weighted by Crippen LogP contribution is 2.52. The van der Waals surface area contributed by atoms with Gasteiger partial charge in [-0.15, -0.1) is 0 Å². The van der Waals surface area contributed by atoms with Gasteiger partial charge >= 0.3 is 5.69 Å². The Morgan fingerprint density at radius 3 is 2.69 bits per heavy atom. The summed E-state index contributed by atoms with van der Waals surface area (Å²) in [6, 6.07) is 11.2. The van der Waals surface area contributed by atoms with Gasteiger partial charge in [0, 0.05) is 12.0 Å². The van der Waals surface area contributed by atoms with Crippen molar-refractivity contribution >= 4 is 11.4 Å². The molecule has 0 saturated heterocycles. The number of nitrogens with one attached hydrogen (secondary N) is 1. The van der Waals surface area contributed by atoms with E-state index in [1.165, 1.54) is 12.7 Å². The van der Waals surface area contributed by atoms with Crippen molar-refractivity contribution in [1.29, 1.82) is 0 Å². The minimum Gasteiger partial charge on any atom is -0.495 e. The first-order chi connectivity index (χ1) is 12.6. The molecule has 2 aromatic rings. The monoisotopic (exact) mass is 352 g/mol. The Kier molecular flexibility index (Phi) is 4.03. The molecular weight excluding hydrogens is 332 g/mol. The zero-order valence-electron chi connectivity index (χ0n) is 14.6. The van der Waals surface area contributed by atoms with Crippen molar-refractivity contribution < 1.29 is 14.4 Å². The van der Waals surface area contributed by atoms with Crippen LogP contribution < -0.4 is 14.8 Å². The highest BCUT2D eigenvalue weighted by molar-refractivity contribution is 5.68. The van der Waals surface area contributed by atoms with Crippen LogP contribution in [-0.4, -0.2) is 19.1 Å². The molecular formula is C20H20N2O4. The number of nitro benzene ring substituents is 1. The van der Waals surface area contributed by atoms with Gasteiger partial charge in [-0.1, -0.05) is 30.4 Å². The summed E-state index contributed by atoms with van der Waals surface area (Å²) in [6.07, 6.45) is 5.35. The number of nitrogens with zero attached hydrogens (tertiary/aromatic N) is 1. The SMILES string of the molecule is COc1ccc([C@@H]2Nc3c(OC)cccc3[C@@H]3C=CC[C@@H]32)cc1[N+](=O)[O-]. The van der Waals surface area contributed by atoms with E-state index >= 15 is 0 Å². The van der Waals surface area contributed by atoms with Crippen molar-refractivity contribution in [2.75, 3.05) is 19.5 Å². The van der Waals surface area contributed by atoms with Gasteiger partial charge in [0.15, 0.2) is 5.75 Å². The number of benzene rings is 2. The van der Waals surface area contributed by atoms with Gasteiger partial charge < -0.3 is 14.8 Å². The number of methoxy groups -OCH3 is 2. The number of allylic oxidation sites excluding steroid dienone is 2. The van der Waals surface area contributed by atoms with E-state index in [0.717, 1.165) is 23.4 Å². The standard InChI is InChI=1S/C20H20N2O4/c1-25-17-10-9-12(11-16(17)22(23)24)19-14-6-3-5-13(14)15-7-4-8-18(26-2)20(15)21-19/h3-5,7-11,13-14,19,21H,6H2,1-2H3/t13-,14+,19+/m1/s1. The predicted molar refractivity (Wildman–Crippen MR) is 99.0 cm³/mol. The van der Waals surface area contributed by atoms with E-state index < -0.39 is 4.92 Å². The van der Waals surface area contributed by atoms with Gasteiger partial charge in [-0.05, 0) is 35.6 Å². The van der Waals surface area contributed by atoms with Crippen LogP contribution in [0.5, 0.6) is 11.5 Å². The Hall–Kier alpha value is -3.02. The number of ether oxygens (including phenoxy) is 2. The summed E-state index contributed by atoms with van der Waals surface area (Å²) in [6.45, 7) is 0. The van der Waals surface area contributed by atoms with E-state index in [1.807, 2.05) is 18.2 Å². The first-order valence-electron chi connectivity index (χ1n) is 8.56. The molecule has 3 atom stereocenters. The van der Waals surface area contributed by atoms with Crippen LogP contribution in [0.4, 0.5) is 11.4 Å². The fourth-order valence-electron chi connectivity index (χ4n) is 4.14. The second kappa shape index (κ2) is 6.37. The van der Waals surface area contributed by atoms with Gasteiger partial charge in [0.25, 0.3) is 0 Å². The average molecular weight is 352 g/mol. The van der Waals surface area contributed by atoms with Gasteiger partial charge in [-0.25, -0.2) is 0 Å². The Morgan fingerprint density at radius 2 is 1.96 bits per heavy atom. The lowest BCUT2D eigenvalue weighted by molar-refractivity contribution is -0.385. The Morgan fingerprint density at radius 1 is 1.15 bits per heavy atom. The van der Waals surface area contributed by atoms with Crippen molar-refractivity contribution in [2.24, 2.45) is 5.92 Å².